The Kier molecular flexibility index (Phi) is 4.52. The second kappa shape index (κ2) is 5.99. The number of likely N-dealkylation sites (N-methyl/N-ethyl adjacent to an activating group) is 1. The first kappa shape index (κ1) is 15.1. The lowest BCUT2D eigenvalue weighted by molar-refractivity contribution is 0.226. The van der Waals surface area contributed by atoms with E-state index in [2.05, 4.69) is 17.1 Å². The summed E-state index contributed by atoms with van der Waals surface area (Å²) in [6.07, 6.45) is 2.12. The van der Waals surface area contributed by atoms with Crippen molar-refractivity contribution in [2.45, 2.75) is 30.7 Å². The molecule has 1 unspecified atom stereocenters. The largest absolute Gasteiger partial charge is 0.399 e. The van der Waals surface area contributed by atoms with Crippen molar-refractivity contribution >= 4 is 21.4 Å². The Hall–Kier alpha value is -1.31. The van der Waals surface area contributed by atoms with Crippen molar-refractivity contribution in [2.75, 3.05) is 30.7 Å². The van der Waals surface area contributed by atoms with E-state index in [1.54, 1.807) is 12.1 Å². The fraction of sp³-hybridized carbons (Fsp3) is 0.538. The second-order valence-corrected chi connectivity index (χ2v) is 6.71. The van der Waals surface area contributed by atoms with Crippen molar-refractivity contribution in [2.24, 2.45) is 5.14 Å². The molecule has 0 aliphatic carbocycles. The number of nitrogens with one attached hydrogen (secondary N) is 1. The second-order valence-electron chi connectivity index (χ2n) is 5.18. The first-order chi connectivity index (χ1) is 9.40. The maximum Gasteiger partial charge on any atom is 0.240 e. The molecule has 0 saturated carbocycles. The zero-order chi connectivity index (χ0) is 14.8. The average Bonchev–Trinajstić information content (AvgIpc) is 2.40. The zero-order valence-corrected chi connectivity index (χ0v) is 12.5. The van der Waals surface area contributed by atoms with Gasteiger partial charge in [-0.1, -0.05) is 6.92 Å². The third-order valence-electron chi connectivity index (χ3n) is 3.62. The van der Waals surface area contributed by atoms with Gasteiger partial charge >= 0.3 is 0 Å². The predicted octanol–water partition coefficient (Wildman–Crippen LogP) is 0.812. The summed E-state index contributed by atoms with van der Waals surface area (Å²) in [6, 6.07) is 4.99. The fourth-order valence-electron chi connectivity index (χ4n) is 2.57. The summed E-state index contributed by atoms with van der Waals surface area (Å²) in [5.74, 6) is 0. The van der Waals surface area contributed by atoms with Crippen LogP contribution in [0, 0.1) is 0 Å². The molecule has 6 nitrogen and oxygen atoms in total. The lowest BCUT2D eigenvalue weighted by Crippen LogP contribution is -2.42. The molecular formula is C13H22N4O2S. The van der Waals surface area contributed by atoms with Crippen LogP contribution >= 0.6 is 0 Å². The van der Waals surface area contributed by atoms with E-state index < -0.39 is 10.0 Å². The van der Waals surface area contributed by atoms with Crippen molar-refractivity contribution in [3.8, 4) is 0 Å². The molecular weight excluding hydrogens is 276 g/mol. The van der Waals surface area contributed by atoms with E-state index >= 15 is 0 Å². The van der Waals surface area contributed by atoms with Gasteiger partial charge in [0.15, 0.2) is 0 Å². The molecule has 0 radical (unpaired) electrons. The standard InChI is InChI=1S/C13H22N4O2S/c1-2-17-7-3-4-11(9-17)16-12-6-5-10(14)8-13(12)20(15,18)19/h5-6,8,11,16H,2-4,7,9,14H2,1H3,(H2,15,18,19). The number of piperidine rings is 1. The number of nitrogen functional groups attached to an aromatic ring is 1. The van der Waals surface area contributed by atoms with Crippen LogP contribution in [0.4, 0.5) is 11.4 Å². The molecule has 1 aliphatic heterocycles. The maximum atomic E-state index is 11.6. The maximum absolute atomic E-state index is 11.6. The third kappa shape index (κ3) is 3.62. The molecule has 1 aromatic rings. The number of anilines is 2. The van der Waals surface area contributed by atoms with E-state index in [-0.39, 0.29) is 10.9 Å². The number of likely N-dealkylation sites (tertiary alicyclic amines) is 1. The smallest absolute Gasteiger partial charge is 0.240 e. The van der Waals surface area contributed by atoms with E-state index in [4.69, 9.17) is 10.9 Å². The van der Waals surface area contributed by atoms with Gasteiger partial charge in [-0.15, -0.1) is 0 Å². The quantitative estimate of drug-likeness (QED) is 0.714. The van der Waals surface area contributed by atoms with Crippen LogP contribution in [0.5, 0.6) is 0 Å². The van der Waals surface area contributed by atoms with Crippen LogP contribution in [0.15, 0.2) is 23.1 Å². The first-order valence-corrected chi connectivity index (χ1v) is 8.36. The zero-order valence-electron chi connectivity index (χ0n) is 11.7. The predicted molar refractivity (Wildman–Crippen MR) is 81.0 cm³/mol. The summed E-state index contributed by atoms with van der Waals surface area (Å²) in [5.41, 5.74) is 6.56. The number of benzene rings is 1. The highest BCUT2D eigenvalue weighted by Crippen LogP contribution is 2.25. The monoisotopic (exact) mass is 298 g/mol. The first-order valence-electron chi connectivity index (χ1n) is 6.81. The Morgan fingerprint density at radius 2 is 2.20 bits per heavy atom. The Bertz CT molecular complexity index is 574. The van der Waals surface area contributed by atoms with Gasteiger partial charge < -0.3 is 16.0 Å². The SMILES string of the molecule is CCN1CCCC(Nc2ccc(N)cc2S(N)(=O)=O)C1. The van der Waals surface area contributed by atoms with E-state index in [0.29, 0.717) is 11.4 Å². The number of rotatable bonds is 4. The summed E-state index contributed by atoms with van der Waals surface area (Å²) < 4.78 is 23.3. The van der Waals surface area contributed by atoms with E-state index in [1.807, 2.05) is 0 Å². The molecule has 1 atom stereocenters. The summed E-state index contributed by atoms with van der Waals surface area (Å²) in [6.45, 7) is 5.13. The summed E-state index contributed by atoms with van der Waals surface area (Å²) >= 11 is 0. The summed E-state index contributed by atoms with van der Waals surface area (Å²) in [4.78, 5) is 2.40. The molecule has 0 bridgehead atoms. The molecule has 1 aliphatic rings. The van der Waals surface area contributed by atoms with Crippen LogP contribution < -0.4 is 16.2 Å². The highest BCUT2D eigenvalue weighted by atomic mass is 32.2. The molecule has 0 aromatic heterocycles. The highest BCUT2D eigenvalue weighted by Gasteiger charge is 2.21. The van der Waals surface area contributed by atoms with Crippen LogP contribution in [-0.4, -0.2) is 39.0 Å². The van der Waals surface area contributed by atoms with Gasteiger partial charge in [-0.3, -0.25) is 0 Å². The molecule has 5 N–H and O–H groups in total. The van der Waals surface area contributed by atoms with Gasteiger partial charge in [0.25, 0.3) is 0 Å². The Morgan fingerprint density at radius 1 is 1.45 bits per heavy atom. The minimum atomic E-state index is -3.78. The minimum Gasteiger partial charge on any atom is -0.399 e. The molecule has 1 saturated heterocycles. The van der Waals surface area contributed by atoms with E-state index in [0.717, 1.165) is 32.5 Å². The lowest BCUT2D eigenvalue weighted by atomic mass is 10.1. The van der Waals surface area contributed by atoms with Crippen LogP contribution in [-0.2, 0) is 10.0 Å². The van der Waals surface area contributed by atoms with Gasteiger partial charge in [0.05, 0.1) is 5.69 Å². The lowest BCUT2D eigenvalue weighted by Gasteiger charge is -2.33. The van der Waals surface area contributed by atoms with Crippen molar-refractivity contribution in [1.82, 2.24) is 4.90 Å². The van der Waals surface area contributed by atoms with Gasteiger partial charge in [0, 0.05) is 18.3 Å². The van der Waals surface area contributed by atoms with Crippen LogP contribution in [0.2, 0.25) is 0 Å². The topological polar surface area (TPSA) is 101 Å². The van der Waals surface area contributed by atoms with Gasteiger partial charge in [-0.25, -0.2) is 13.6 Å². The van der Waals surface area contributed by atoms with Crippen LogP contribution in [0.1, 0.15) is 19.8 Å². The van der Waals surface area contributed by atoms with Gasteiger partial charge in [-0.05, 0) is 44.1 Å². The average molecular weight is 298 g/mol. The van der Waals surface area contributed by atoms with Crippen LogP contribution in [0.25, 0.3) is 0 Å². The molecule has 0 spiro atoms. The Labute approximate surface area is 120 Å². The normalized spacial score (nSPS) is 20.8. The Balaban J connectivity index is 2.21. The molecule has 1 fully saturated rings. The van der Waals surface area contributed by atoms with Gasteiger partial charge in [0.1, 0.15) is 4.90 Å². The summed E-state index contributed by atoms with van der Waals surface area (Å²) in [5, 5.41) is 8.54. The molecule has 1 aromatic carbocycles. The molecule has 112 valence electrons. The number of sulfonamides is 1. The Morgan fingerprint density at radius 3 is 2.85 bits per heavy atom. The number of hydrogen-bond acceptors (Lipinski definition) is 5. The van der Waals surface area contributed by atoms with Crippen LogP contribution in [0.3, 0.4) is 0 Å². The van der Waals surface area contributed by atoms with E-state index in [9.17, 15) is 8.42 Å². The highest BCUT2D eigenvalue weighted by molar-refractivity contribution is 7.89. The van der Waals surface area contributed by atoms with Crippen molar-refractivity contribution in [1.29, 1.82) is 0 Å². The molecule has 0 amide bonds. The van der Waals surface area contributed by atoms with Crippen molar-refractivity contribution < 1.29 is 8.42 Å². The van der Waals surface area contributed by atoms with E-state index in [1.165, 1.54) is 6.07 Å². The summed E-state index contributed by atoms with van der Waals surface area (Å²) in [7, 11) is -3.78. The van der Waals surface area contributed by atoms with Crippen molar-refractivity contribution in [3.05, 3.63) is 18.2 Å². The fourth-order valence-corrected chi connectivity index (χ4v) is 3.31. The third-order valence-corrected chi connectivity index (χ3v) is 4.58. The number of nitrogens with two attached hydrogens (primary N) is 2. The van der Waals surface area contributed by atoms with Crippen molar-refractivity contribution in [3.63, 3.8) is 0 Å². The number of hydrogen-bond donors (Lipinski definition) is 3. The minimum absolute atomic E-state index is 0.0612. The molecule has 7 heteroatoms. The molecule has 1 heterocycles. The number of nitrogens with zero attached hydrogens (tertiary/aromatic N) is 1. The molecule has 20 heavy (non-hydrogen) atoms. The van der Waals surface area contributed by atoms with Gasteiger partial charge in [0.2, 0.25) is 10.0 Å². The number of primary sulfonamides is 1. The van der Waals surface area contributed by atoms with Gasteiger partial charge in [-0.2, -0.15) is 0 Å². The molecule has 2 rings (SSSR count).